The molecule has 0 saturated carbocycles. The first-order chi connectivity index (χ1) is 9.47. The number of halogens is 3. The van der Waals surface area contributed by atoms with Crippen molar-refractivity contribution in [3.05, 3.63) is 40.0 Å². The molecule has 0 aliphatic heterocycles. The number of anilines is 1. The van der Waals surface area contributed by atoms with Crippen LogP contribution in [0.2, 0.25) is 10.0 Å². The molecule has 0 heterocycles. The van der Waals surface area contributed by atoms with Crippen molar-refractivity contribution in [3.63, 3.8) is 0 Å². The molecule has 5 nitrogen and oxygen atoms in total. The van der Waals surface area contributed by atoms with Crippen molar-refractivity contribution in [1.29, 1.82) is 5.26 Å². The molecule has 0 atom stereocenters. The van der Waals surface area contributed by atoms with Crippen LogP contribution in [-0.4, -0.2) is 17.7 Å². The molecule has 1 rings (SSSR count). The summed E-state index contributed by atoms with van der Waals surface area (Å²) >= 11 is 16.9. The summed E-state index contributed by atoms with van der Waals surface area (Å²) in [6.07, 6.45) is 1.13. The Labute approximate surface area is 130 Å². The van der Waals surface area contributed by atoms with Crippen LogP contribution in [0.25, 0.3) is 0 Å². The van der Waals surface area contributed by atoms with Crippen molar-refractivity contribution < 1.29 is 9.59 Å². The lowest BCUT2D eigenvalue weighted by Crippen LogP contribution is -2.32. The number of nitrogens with one attached hydrogen (secondary N) is 2. The molecule has 20 heavy (non-hydrogen) atoms. The van der Waals surface area contributed by atoms with Crippen molar-refractivity contribution in [2.45, 2.75) is 0 Å². The lowest BCUT2D eigenvalue weighted by molar-refractivity contribution is -0.126. The van der Waals surface area contributed by atoms with E-state index in [0.717, 1.165) is 6.20 Å². The second-order valence-corrected chi connectivity index (χ2v) is 4.56. The third kappa shape index (κ3) is 4.74. The number of nitrogens with zero attached hydrogens (tertiary/aromatic N) is 1. The molecule has 0 fully saturated rings. The number of benzene rings is 1. The van der Waals surface area contributed by atoms with E-state index in [1.807, 2.05) is 5.32 Å². The molecular weight excluding hydrogens is 325 g/mol. The SMILES string of the molecule is N#C/C(=C\Nc1ccc(Cl)cc1Cl)C(=O)NC(=O)CCl. The van der Waals surface area contributed by atoms with Gasteiger partial charge in [0.2, 0.25) is 5.91 Å². The number of carbonyl (C=O) groups excluding carboxylic acids is 2. The lowest BCUT2D eigenvalue weighted by atomic mass is 10.2. The summed E-state index contributed by atoms with van der Waals surface area (Å²) in [5.41, 5.74) is 0.162. The maximum Gasteiger partial charge on any atom is 0.270 e. The van der Waals surface area contributed by atoms with Crippen LogP contribution in [0.3, 0.4) is 0 Å². The second-order valence-electron chi connectivity index (χ2n) is 3.45. The summed E-state index contributed by atoms with van der Waals surface area (Å²) in [5, 5.41) is 14.3. The van der Waals surface area contributed by atoms with E-state index in [-0.39, 0.29) is 11.5 Å². The zero-order valence-corrected chi connectivity index (χ0v) is 12.2. The smallest absolute Gasteiger partial charge is 0.270 e. The van der Waals surface area contributed by atoms with E-state index in [4.69, 9.17) is 40.1 Å². The van der Waals surface area contributed by atoms with E-state index < -0.39 is 11.8 Å². The van der Waals surface area contributed by atoms with Crippen LogP contribution in [0, 0.1) is 11.3 Å². The average molecular weight is 333 g/mol. The highest BCUT2D eigenvalue weighted by Gasteiger charge is 2.12. The van der Waals surface area contributed by atoms with Gasteiger partial charge in [0.05, 0.1) is 10.7 Å². The van der Waals surface area contributed by atoms with Crippen molar-refractivity contribution in [2.24, 2.45) is 0 Å². The van der Waals surface area contributed by atoms with Gasteiger partial charge in [0.1, 0.15) is 17.5 Å². The van der Waals surface area contributed by atoms with E-state index in [1.54, 1.807) is 18.2 Å². The maximum absolute atomic E-state index is 11.5. The first-order valence-electron chi connectivity index (χ1n) is 5.20. The molecule has 8 heteroatoms. The van der Waals surface area contributed by atoms with Gasteiger partial charge in [-0.25, -0.2) is 0 Å². The number of alkyl halides is 1. The van der Waals surface area contributed by atoms with Gasteiger partial charge in [0, 0.05) is 11.2 Å². The topological polar surface area (TPSA) is 82.0 Å². The molecule has 0 aromatic heterocycles. The maximum atomic E-state index is 11.5. The fourth-order valence-corrected chi connectivity index (χ4v) is 1.66. The Bertz CT molecular complexity index is 608. The molecule has 0 unspecified atom stereocenters. The summed E-state index contributed by atoms with van der Waals surface area (Å²) in [7, 11) is 0. The largest absolute Gasteiger partial charge is 0.359 e. The zero-order valence-electron chi connectivity index (χ0n) is 9.91. The molecule has 0 saturated heterocycles. The van der Waals surface area contributed by atoms with Crippen LogP contribution in [0.4, 0.5) is 5.69 Å². The van der Waals surface area contributed by atoms with E-state index in [1.165, 1.54) is 6.07 Å². The van der Waals surface area contributed by atoms with E-state index in [9.17, 15) is 9.59 Å². The van der Waals surface area contributed by atoms with Gasteiger partial charge in [-0.2, -0.15) is 5.26 Å². The van der Waals surface area contributed by atoms with Crippen molar-refractivity contribution in [1.82, 2.24) is 5.32 Å². The second kappa shape index (κ2) is 7.75. The average Bonchev–Trinajstić information content (AvgIpc) is 2.41. The minimum atomic E-state index is -0.851. The summed E-state index contributed by atoms with van der Waals surface area (Å²) < 4.78 is 0. The van der Waals surface area contributed by atoms with Crippen LogP contribution in [-0.2, 0) is 9.59 Å². The Balaban J connectivity index is 2.83. The Kier molecular flexibility index (Phi) is 6.32. The molecule has 0 aliphatic rings. The minimum Gasteiger partial charge on any atom is -0.359 e. The highest BCUT2D eigenvalue weighted by atomic mass is 35.5. The standard InChI is InChI=1S/C12H8Cl3N3O2/c13-4-11(19)18-12(20)7(5-16)6-17-10-2-1-8(14)3-9(10)15/h1-3,6,17H,4H2,(H,18,19,20)/b7-6+. The number of carbonyl (C=O) groups is 2. The Morgan fingerprint density at radius 1 is 1.35 bits per heavy atom. The molecule has 2 amide bonds. The van der Waals surface area contributed by atoms with Gasteiger partial charge in [-0.15, -0.1) is 11.6 Å². The highest BCUT2D eigenvalue weighted by molar-refractivity contribution is 6.36. The molecule has 0 aliphatic carbocycles. The van der Waals surface area contributed by atoms with Gasteiger partial charge in [0.15, 0.2) is 0 Å². The number of hydrogen-bond acceptors (Lipinski definition) is 4. The highest BCUT2D eigenvalue weighted by Crippen LogP contribution is 2.25. The fourth-order valence-electron chi connectivity index (χ4n) is 1.13. The fraction of sp³-hybridized carbons (Fsp3) is 0.0833. The zero-order chi connectivity index (χ0) is 15.1. The molecule has 1 aromatic carbocycles. The third-order valence-electron chi connectivity index (χ3n) is 2.04. The van der Waals surface area contributed by atoms with Crippen LogP contribution >= 0.6 is 34.8 Å². The molecule has 0 bridgehead atoms. The quantitative estimate of drug-likeness (QED) is 0.504. The number of amides is 2. The van der Waals surface area contributed by atoms with Crippen LogP contribution in [0.1, 0.15) is 0 Å². The molecule has 2 N–H and O–H groups in total. The minimum absolute atomic E-state index is 0.297. The van der Waals surface area contributed by atoms with Gasteiger partial charge < -0.3 is 5.32 Å². The summed E-state index contributed by atoms with van der Waals surface area (Å²) in [5.74, 6) is -1.92. The number of rotatable bonds is 4. The molecule has 1 aromatic rings. The summed E-state index contributed by atoms with van der Waals surface area (Å²) in [4.78, 5) is 22.5. The normalized spacial score (nSPS) is 10.6. The third-order valence-corrected chi connectivity index (χ3v) is 2.83. The van der Waals surface area contributed by atoms with E-state index in [0.29, 0.717) is 15.7 Å². The van der Waals surface area contributed by atoms with Crippen LogP contribution in [0.5, 0.6) is 0 Å². The first-order valence-corrected chi connectivity index (χ1v) is 6.49. The van der Waals surface area contributed by atoms with Crippen LogP contribution in [0.15, 0.2) is 30.0 Å². The predicted molar refractivity (Wildman–Crippen MR) is 77.7 cm³/mol. The molecule has 0 radical (unpaired) electrons. The number of imide groups is 1. The van der Waals surface area contributed by atoms with Gasteiger partial charge in [0.25, 0.3) is 5.91 Å². The number of hydrogen-bond donors (Lipinski definition) is 2. The Morgan fingerprint density at radius 3 is 2.60 bits per heavy atom. The molecule has 104 valence electrons. The monoisotopic (exact) mass is 331 g/mol. The van der Waals surface area contributed by atoms with Crippen molar-refractivity contribution >= 4 is 52.3 Å². The van der Waals surface area contributed by atoms with Gasteiger partial charge in [-0.1, -0.05) is 23.2 Å². The predicted octanol–water partition coefficient (Wildman–Crippen LogP) is 2.69. The van der Waals surface area contributed by atoms with Crippen molar-refractivity contribution in [3.8, 4) is 6.07 Å². The Morgan fingerprint density at radius 2 is 2.05 bits per heavy atom. The van der Waals surface area contributed by atoms with Crippen molar-refractivity contribution in [2.75, 3.05) is 11.2 Å². The van der Waals surface area contributed by atoms with Crippen LogP contribution < -0.4 is 10.6 Å². The van der Waals surface area contributed by atoms with E-state index >= 15 is 0 Å². The van der Waals surface area contributed by atoms with Gasteiger partial charge >= 0.3 is 0 Å². The first kappa shape index (κ1) is 16.3. The molecular formula is C12H8Cl3N3O2. The Hall–Kier alpha value is -1.74. The lowest BCUT2D eigenvalue weighted by Gasteiger charge is -2.05. The summed E-state index contributed by atoms with van der Waals surface area (Å²) in [6, 6.07) is 6.33. The van der Waals surface area contributed by atoms with E-state index in [2.05, 4.69) is 5.32 Å². The molecule has 0 spiro atoms. The summed E-state index contributed by atoms with van der Waals surface area (Å²) in [6.45, 7) is 0. The van der Waals surface area contributed by atoms with Gasteiger partial charge in [-0.3, -0.25) is 14.9 Å². The number of nitriles is 1. The van der Waals surface area contributed by atoms with Gasteiger partial charge in [-0.05, 0) is 18.2 Å².